The molecule has 1 unspecified atom stereocenters. The highest BCUT2D eigenvalue weighted by atomic mass is 16.8. The number of hydrogen-bond acceptors (Lipinski definition) is 5. The van der Waals surface area contributed by atoms with Gasteiger partial charge in [0.25, 0.3) is 5.79 Å². The molecule has 0 aromatic rings. The van der Waals surface area contributed by atoms with E-state index < -0.39 is 23.6 Å². The smallest absolute Gasteiger partial charge is 0.338 e. The fraction of sp³-hybridized carbons (Fsp3) is 0.727. The Labute approximate surface area is 95.3 Å². The molecule has 0 amide bonds. The van der Waals surface area contributed by atoms with E-state index in [1.165, 1.54) is 14.2 Å². The van der Waals surface area contributed by atoms with Gasteiger partial charge in [-0.15, -0.1) is 6.58 Å². The first-order valence-corrected chi connectivity index (χ1v) is 5.04. The van der Waals surface area contributed by atoms with E-state index in [-0.39, 0.29) is 0 Å². The first kappa shape index (κ1) is 13.2. The number of rotatable bonds is 4. The summed E-state index contributed by atoms with van der Waals surface area (Å²) in [6.45, 7) is 6.82. The van der Waals surface area contributed by atoms with Crippen LogP contribution in [0.1, 0.15) is 20.3 Å². The van der Waals surface area contributed by atoms with Gasteiger partial charge in [0.05, 0.1) is 0 Å². The second-order valence-electron chi connectivity index (χ2n) is 3.85. The van der Waals surface area contributed by atoms with Crippen molar-refractivity contribution < 1.29 is 23.7 Å². The summed E-state index contributed by atoms with van der Waals surface area (Å²) in [5.41, 5.74) is 0. The topological polar surface area (TPSA) is 54.0 Å². The fourth-order valence-electron chi connectivity index (χ4n) is 1.53. The van der Waals surface area contributed by atoms with E-state index >= 15 is 0 Å². The molecule has 0 N–H and O–H groups in total. The lowest BCUT2D eigenvalue weighted by Gasteiger charge is -2.47. The Kier molecular flexibility index (Phi) is 3.72. The van der Waals surface area contributed by atoms with Gasteiger partial charge in [-0.3, -0.25) is 0 Å². The molecule has 1 heterocycles. The summed E-state index contributed by atoms with van der Waals surface area (Å²) in [6, 6.07) is 0. The van der Waals surface area contributed by atoms with Crippen LogP contribution < -0.4 is 0 Å². The Balaban J connectivity index is 2.96. The van der Waals surface area contributed by atoms with E-state index in [0.717, 1.165) is 0 Å². The van der Waals surface area contributed by atoms with Crippen molar-refractivity contribution in [2.45, 2.75) is 37.9 Å². The molecule has 5 heteroatoms. The van der Waals surface area contributed by atoms with E-state index in [9.17, 15) is 4.79 Å². The van der Waals surface area contributed by atoms with Gasteiger partial charge in [0.1, 0.15) is 0 Å². The predicted molar refractivity (Wildman–Crippen MR) is 56.6 cm³/mol. The highest BCUT2D eigenvalue weighted by molar-refractivity contribution is 5.76. The zero-order valence-corrected chi connectivity index (χ0v) is 10.1. The Hall–Kier alpha value is -0.910. The van der Waals surface area contributed by atoms with Gasteiger partial charge < -0.3 is 18.9 Å². The average molecular weight is 230 g/mol. The monoisotopic (exact) mass is 230 g/mol. The maximum atomic E-state index is 11.6. The molecular weight excluding hydrogens is 212 g/mol. The van der Waals surface area contributed by atoms with Crippen LogP contribution in [0.5, 0.6) is 0 Å². The molecule has 16 heavy (non-hydrogen) atoms. The number of methoxy groups -OCH3 is 2. The molecular formula is C11H18O5. The van der Waals surface area contributed by atoms with Gasteiger partial charge in [0, 0.05) is 27.6 Å². The van der Waals surface area contributed by atoms with Crippen molar-refractivity contribution in [2.75, 3.05) is 14.2 Å². The number of carbonyl (C=O) groups is 1. The molecule has 1 aliphatic rings. The molecule has 92 valence electrons. The Morgan fingerprint density at radius 1 is 1.38 bits per heavy atom. The zero-order valence-electron chi connectivity index (χ0n) is 10.1. The minimum atomic E-state index is -1.25. The maximum Gasteiger partial charge on any atom is 0.338 e. The molecule has 1 rings (SSSR count). The predicted octanol–water partition coefficient (Wildman–Crippen LogP) is 1.23. The lowest BCUT2D eigenvalue weighted by atomic mass is 10.1. The third-order valence-corrected chi connectivity index (χ3v) is 2.91. The van der Waals surface area contributed by atoms with Crippen LogP contribution in [0, 0.1) is 0 Å². The molecule has 1 aliphatic heterocycles. The molecule has 1 saturated heterocycles. The third kappa shape index (κ3) is 1.98. The van der Waals surface area contributed by atoms with Gasteiger partial charge in [-0.1, -0.05) is 6.08 Å². The molecule has 5 nitrogen and oxygen atoms in total. The maximum absolute atomic E-state index is 11.6. The number of esters is 1. The Bertz CT molecular complexity index is 290. The first-order chi connectivity index (χ1) is 7.42. The Morgan fingerprint density at radius 2 is 1.94 bits per heavy atom. The van der Waals surface area contributed by atoms with Crippen LogP contribution >= 0.6 is 0 Å². The molecule has 0 aromatic heterocycles. The molecule has 3 atom stereocenters. The van der Waals surface area contributed by atoms with Gasteiger partial charge in [-0.05, 0) is 6.92 Å². The van der Waals surface area contributed by atoms with Crippen molar-refractivity contribution in [3.8, 4) is 0 Å². The Morgan fingerprint density at radius 3 is 2.38 bits per heavy atom. The lowest BCUT2D eigenvalue weighted by molar-refractivity contribution is -0.405. The summed E-state index contributed by atoms with van der Waals surface area (Å²) >= 11 is 0. The average Bonchev–Trinajstić information content (AvgIpc) is 2.26. The SMILES string of the molecule is C=CC[C@H]1OC(C)(OC)[C@@](C)(OC)OC1=O. The van der Waals surface area contributed by atoms with E-state index in [1.807, 2.05) is 0 Å². The van der Waals surface area contributed by atoms with E-state index in [1.54, 1.807) is 19.9 Å². The molecule has 0 aliphatic carbocycles. The number of hydrogen-bond donors (Lipinski definition) is 0. The highest BCUT2D eigenvalue weighted by Crippen LogP contribution is 2.37. The number of ether oxygens (including phenoxy) is 4. The molecule has 0 aromatic carbocycles. The van der Waals surface area contributed by atoms with Gasteiger partial charge in [-0.25, -0.2) is 4.79 Å². The second kappa shape index (κ2) is 4.53. The van der Waals surface area contributed by atoms with E-state index in [4.69, 9.17) is 18.9 Å². The van der Waals surface area contributed by atoms with Crippen LogP contribution in [0.4, 0.5) is 0 Å². The van der Waals surface area contributed by atoms with Crippen LogP contribution in [-0.2, 0) is 23.7 Å². The minimum absolute atomic E-state index is 0.373. The van der Waals surface area contributed by atoms with Crippen molar-refractivity contribution in [2.24, 2.45) is 0 Å². The molecule has 0 bridgehead atoms. The van der Waals surface area contributed by atoms with E-state index in [0.29, 0.717) is 6.42 Å². The highest BCUT2D eigenvalue weighted by Gasteiger charge is 2.57. The molecule has 1 fully saturated rings. The summed E-state index contributed by atoms with van der Waals surface area (Å²) in [5, 5.41) is 0. The van der Waals surface area contributed by atoms with Gasteiger partial charge >= 0.3 is 5.97 Å². The second-order valence-corrected chi connectivity index (χ2v) is 3.85. The van der Waals surface area contributed by atoms with Crippen LogP contribution in [0.2, 0.25) is 0 Å². The van der Waals surface area contributed by atoms with Crippen LogP contribution in [0.3, 0.4) is 0 Å². The third-order valence-electron chi connectivity index (χ3n) is 2.91. The van der Waals surface area contributed by atoms with Crippen LogP contribution in [-0.4, -0.2) is 37.9 Å². The zero-order chi connectivity index (χ0) is 12.4. The normalized spacial score (nSPS) is 39.2. The summed E-state index contributed by atoms with van der Waals surface area (Å²) in [4.78, 5) is 11.6. The summed E-state index contributed by atoms with van der Waals surface area (Å²) < 4.78 is 21.2. The minimum Gasteiger partial charge on any atom is -0.425 e. The summed E-state index contributed by atoms with van der Waals surface area (Å²) in [5.74, 6) is -2.86. The first-order valence-electron chi connectivity index (χ1n) is 5.04. The van der Waals surface area contributed by atoms with E-state index in [2.05, 4.69) is 6.58 Å². The van der Waals surface area contributed by atoms with Gasteiger partial charge in [-0.2, -0.15) is 0 Å². The number of cyclic esters (lactones) is 1. The van der Waals surface area contributed by atoms with Gasteiger partial charge in [0.15, 0.2) is 6.10 Å². The standard InChI is InChI=1S/C11H18O5/c1-6-7-8-9(12)16-11(3,14-5)10(2,13-4)15-8/h6,8H,1,7H2,2-5H3/t8-,10?,11+/m1/s1. The van der Waals surface area contributed by atoms with Crippen molar-refractivity contribution in [3.63, 3.8) is 0 Å². The van der Waals surface area contributed by atoms with Crippen LogP contribution in [0.15, 0.2) is 12.7 Å². The summed E-state index contributed by atoms with van der Waals surface area (Å²) in [6.07, 6.45) is 1.26. The number of carbonyl (C=O) groups excluding carboxylic acids is 1. The van der Waals surface area contributed by atoms with Gasteiger partial charge in [0.2, 0.25) is 5.79 Å². The fourth-order valence-corrected chi connectivity index (χ4v) is 1.53. The molecule has 0 saturated carbocycles. The van der Waals surface area contributed by atoms with Crippen LogP contribution in [0.25, 0.3) is 0 Å². The lowest BCUT2D eigenvalue weighted by Crippen LogP contribution is -2.63. The summed E-state index contributed by atoms with van der Waals surface area (Å²) in [7, 11) is 2.91. The van der Waals surface area contributed by atoms with Crippen molar-refractivity contribution >= 4 is 5.97 Å². The quantitative estimate of drug-likeness (QED) is 0.537. The molecule has 0 spiro atoms. The van der Waals surface area contributed by atoms with Crippen molar-refractivity contribution in [1.29, 1.82) is 0 Å². The van der Waals surface area contributed by atoms with Crippen molar-refractivity contribution in [3.05, 3.63) is 12.7 Å². The molecule has 0 radical (unpaired) electrons. The largest absolute Gasteiger partial charge is 0.425 e. The van der Waals surface area contributed by atoms with Crippen molar-refractivity contribution in [1.82, 2.24) is 0 Å².